The van der Waals surface area contributed by atoms with Crippen molar-refractivity contribution in [1.29, 1.82) is 0 Å². The Balaban J connectivity index is 1.76. The Hall–Kier alpha value is -3.10. The van der Waals surface area contributed by atoms with Crippen molar-refractivity contribution in [1.82, 2.24) is 20.4 Å². The fraction of sp³-hybridized carbons (Fsp3) is 0.222. The highest BCUT2D eigenvalue weighted by atomic mass is 16.5. The number of benzene rings is 2. The first-order valence-corrected chi connectivity index (χ1v) is 7.83. The molecule has 0 bridgehead atoms. The first kappa shape index (κ1) is 17.7. The highest BCUT2D eigenvalue weighted by molar-refractivity contribution is 5.31. The van der Waals surface area contributed by atoms with Gasteiger partial charge in [-0.3, -0.25) is 0 Å². The average molecular weight is 354 g/mol. The summed E-state index contributed by atoms with van der Waals surface area (Å²) in [6.07, 6.45) is -2.15. The molecule has 0 fully saturated rings. The fourth-order valence-corrected chi connectivity index (χ4v) is 2.33. The number of rotatable bonds is 6. The smallest absolute Gasteiger partial charge is 0.206 e. The summed E-state index contributed by atoms with van der Waals surface area (Å²) in [6, 6.07) is 13.7. The molecule has 0 saturated carbocycles. The van der Waals surface area contributed by atoms with Crippen molar-refractivity contribution in [2.45, 2.75) is 12.2 Å². The molecule has 0 amide bonds. The van der Waals surface area contributed by atoms with Crippen molar-refractivity contribution in [3.8, 4) is 11.5 Å². The zero-order valence-corrected chi connectivity index (χ0v) is 14.3. The van der Waals surface area contributed by atoms with Gasteiger partial charge in [0, 0.05) is 0 Å². The molecule has 1 heterocycles. The van der Waals surface area contributed by atoms with Gasteiger partial charge in [0.05, 0.1) is 14.2 Å². The van der Waals surface area contributed by atoms with Crippen LogP contribution in [0, 0.1) is 0 Å². The van der Waals surface area contributed by atoms with Crippen molar-refractivity contribution in [3.63, 3.8) is 0 Å². The van der Waals surface area contributed by atoms with E-state index in [1.807, 2.05) is 0 Å². The van der Waals surface area contributed by atoms with Crippen LogP contribution in [-0.2, 0) is 0 Å². The maximum atomic E-state index is 10.3. The molecular formula is C18H18N4O4. The largest absolute Gasteiger partial charge is 0.497 e. The Labute approximate surface area is 150 Å². The van der Waals surface area contributed by atoms with E-state index in [0.29, 0.717) is 22.6 Å². The number of aliphatic hydroxyl groups excluding tert-OH is 2. The van der Waals surface area contributed by atoms with Gasteiger partial charge in [0.1, 0.15) is 23.7 Å². The third-order valence-electron chi connectivity index (χ3n) is 3.86. The molecule has 8 heteroatoms. The van der Waals surface area contributed by atoms with Gasteiger partial charge < -0.3 is 19.7 Å². The quantitative estimate of drug-likeness (QED) is 0.684. The summed E-state index contributed by atoms with van der Waals surface area (Å²) >= 11 is 0. The Morgan fingerprint density at radius 1 is 0.615 bits per heavy atom. The van der Waals surface area contributed by atoms with Crippen LogP contribution in [0.2, 0.25) is 0 Å². The second-order valence-electron chi connectivity index (χ2n) is 5.47. The lowest BCUT2D eigenvalue weighted by Gasteiger charge is -2.11. The summed E-state index contributed by atoms with van der Waals surface area (Å²) in [6.45, 7) is 0. The van der Waals surface area contributed by atoms with Gasteiger partial charge in [0.2, 0.25) is 11.6 Å². The van der Waals surface area contributed by atoms with E-state index in [4.69, 9.17) is 9.47 Å². The van der Waals surface area contributed by atoms with Crippen LogP contribution in [0.4, 0.5) is 0 Å². The molecule has 1 aromatic heterocycles. The van der Waals surface area contributed by atoms with Gasteiger partial charge in [0.25, 0.3) is 0 Å². The zero-order chi connectivity index (χ0) is 18.5. The normalized spacial score (nSPS) is 13.1. The van der Waals surface area contributed by atoms with Gasteiger partial charge in [-0.05, 0) is 35.4 Å². The molecule has 2 atom stereocenters. The van der Waals surface area contributed by atoms with E-state index in [1.54, 1.807) is 62.8 Å². The Bertz CT molecular complexity index is 766. The molecule has 0 unspecified atom stereocenters. The van der Waals surface area contributed by atoms with Gasteiger partial charge in [-0.25, -0.2) is 0 Å². The first-order valence-electron chi connectivity index (χ1n) is 7.83. The lowest BCUT2D eigenvalue weighted by Crippen LogP contribution is -2.13. The highest BCUT2D eigenvalue weighted by Crippen LogP contribution is 2.23. The Morgan fingerprint density at radius 2 is 0.923 bits per heavy atom. The highest BCUT2D eigenvalue weighted by Gasteiger charge is 2.19. The van der Waals surface area contributed by atoms with Gasteiger partial charge in [-0.2, -0.15) is 0 Å². The molecule has 26 heavy (non-hydrogen) atoms. The monoisotopic (exact) mass is 354 g/mol. The molecule has 3 rings (SSSR count). The third kappa shape index (κ3) is 3.76. The predicted octanol–water partition coefficient (Wildman–Crippen LogP) is 1.45. The second-order valence-corrected chi connectivity index (χ2v) is 5.47. The lowest BCUT2D eigenvalue weighted by molar-refractivity contribution is 0.193. The summed E-state index contributed by atoms with van der Waals surface area (Å²) in [5.41, 5.74) is 1.16. The number of aliphatic hydroxyl groups is 2. The van der Waals surface area contributed by atoms with Gasteiger partial charge in [-0.15, -0.1) is 20.4 Å². The van der Waals surface area contributed by atoms with Crippen LogP contribution in [0.3, 0.4) is 0 Å². The van der Waals surface area contributed by atoms with Crippen LogP contribution in [0.5, 0.6) is 11.5 Å². The van der Waals surface area contributed by atoms with E-state index in [9.17, 15) is 10.2 Å². The average Bonchev–Trinajstić information content (AvgIpc) is 2.73. The van der Waals surface area contributed by atoms with Crippen LogP contribution in [-0.4, -0.2) is 44.8 Å². The van der Waals surface area contributed by atoms with E-state index in [-0.39, 0.29) is 11.6 Å². The number of methoxy groups -OCH3 is 2. The van der Waals surface area contributed by atoms with Gasteiger partial charge >= 0.3 is 0 Å². The summed E-state index contributed by atoms with van der Waals surface area (Å²) in [4.78, 5) is 0. The fourth-order valence-electron chi connectivity index (χ4n) is 2.33. The molecule has 0 saturated heterocycles. The topological polar surface area (TPSA) is 110 Å². The van der Waals surface area contributed by atoms with Crippen molar-refractivity contribution in [2.24, 2.45) is 0 Å². The Kier molecular flexibility index (Phi) is 5.35. The van der Waals surface area contributed by atoms with Crippen LogP contribution in [0.15, 0.2) is 48.5 Å². The minimum absolute atomic E-state index is 0.0425. The predicted molar refractivity (Wildman–Crippen MR) is 91.7 cm³/mol. The molecule has 8 nitrogen and oxygen atoms in total. The molecule has 134 valence electrons. The summed E-state index contributed by atoms with van der Waals surface area (Å²) in [5, 5.41) is 36.2. The molecule has 0 spiro atoms. The van der Waals surface area contributed by atoms with Gasteiger partial charge in [0.15, 0.2) is 0 Å². The molecule has 0 aliphatic heterocycles. The minimum Gasteiger partial charge on any atom is -0.497 e. The SMILES string of the molecule is COc1ccc([C@H](O)c2nnc([C@@H](O)c3ccc(OC)cc3)nn2)cc1. The van der Waals surface area contributed by atoms with Crippen LogP contribution < -0.4 is 9.47 Å². The molecule has 2 aromatic carbocycles. The standard InChI is InChI=1S/C18H18N4O4/c1-25-13-7-3-11(4-8-13)15(23)17-19-21-18(22-20-17)16(24)12-5-9-14(26-2)10-6-12/h3-10,15-16,23-24H,1-2H3/t15-,16-/m0/s1. The van der Waals surface area contributed by atoms with E-state index >= 15 is 0 Å². The van der Waals surface area contributed by atoms with E-state index in [0.717, 1.165) is 0 Å². The van der Waals surface area contributed by atoms with Crippen LogP contribution in [0.25, 0.3) is 0 Å². The van der Waals surface area contributed by atoms with Crippen molar-refractivity contribution >= 4 is 0 Å². The Morgan fingerprint density at radius 3 is 1.19 bits per heavy atom. The number of ether oxygens (including phenoxy) is 2. The summed E-state index contributed by atoms with van der Waals surface area (Å²) < 4.78 is 10.2. The molecule has 3 aromatic rings. The molecule has 0 aliphatic rings. The third-order valence-corrected chi connectivity index (χ3v) is 3.86. The van der Waals surface area contributed by atoms with E-state index in [1.165, 1.54) is 0 Å². The number of nitrogens with zero attached hydrogens (tertiary/aromatic N) is 4. The van der Waals surface area contributed by atoms with E-state index in [2.05, 4.69) is 20.4 Å². The number of hydrogen-bond acceptors (Lipinski definition) is 8. The summed E-state index contributed by atoms with van der Waals surface area (Å²) in [7, 11) is 3.13. The summed E-state index contributed by atoms with van der Waals surface area (Å²) in [5.74, 6) is 1.44. The van der Waals surface area contributed by atoms with Crippen molar-refractivity contribution < 1.29 is 19.7 Å². The van der Waals surface area contributed by atoms with Crippen LogP contribution in [0.1, 0.15) is 35.0 Å². The maximum Gasteiger partial charge on any atom is 0.206 e. The molecule has 2 N–H and O–H groups in total. The second kappa shape index (κ2) is 7.85. The number of hydrogen-bond donors (Lipinski definition) is 2. The van der Waals surface area contributed by atoms with Crippen LogP contribution >= 0.6 is 0 Å². The minimum atomic E-state index is -1.08. The molecular weight excluding hydrogens is 336 g/mol. The maximum absolute atomic E-state index is 10.3. The zero-order valence-electron chi connectivity index (χ0n) is 14.3. The number of aromatic nitrogens is 4. The van der Waals surface area contributed by atoms with Gasteiger partial charge in [-0.1, -0.05) is 24.3 Å². The first-order chi connectivity index (χ1) is 12.6. The molecule has 0 aliphatic carbocycles. The van der Waals surface area contributed by atoms with E-state index < -0.39 is 12.2 Å². The lowest BCUT2D eigenvalue weighted by atomic mass is 10.1. The molecule has 0 radical (unpaired) electrons. The van der Waals surface area contributed by atoms with Crippen molar-refractivity contribution in [2.75, 3.05) is 14.2 Å². The van der Waals surface area contributed by atoms with Crippen molar-refractivity contribution in [3.05, 3.63) is 71.3 Å².